The first-order valence-electron chi connectivity index (χ1n) is 10.3. The van der Waals surface area contributed by atoms with E-state index in [0.717, 1.165) is 56.0 Å². The topological polar surface area (TPSA) is 110 Å². The van der Waals surface area contributed by atoms with E-state index in [1.165, 1.54) is 0 Å². The van der Waals surface area contributed by atoms with Crippen molar-refractivity contribution in [2.75, 3.05) is 44.7 Å². The van der Waals surface area contributed by atoms with Crippen LogP contribution < -0.4 is 10.9 Å². The summed E-state index contributed by atoms with van der Waals surface area (Å²) >= 11 is 0. The quantitative estimate of drug-likeness (QED) is 0.463. The number of hydrogen-bond acceptors (Lipinski definition) is 6. The molecule has 0 unspecified atom stereocenters. The molecule has 1 aliphatic rings. The molecule has 3 N–H and O–H groups in total. The first-order valence-corrected chi connectivity index (χ1v) is 10.3. The van der Waals surface area contributed by atoms with Gasteiger partial charge in [-0.1, -0.05) is 0 Å². The fourth-order valence-electron chi connectivity index (χ4n) is 3.89. The van der Waals surface area contributed by atoms with Gasteiger partial charge in [-0.3, -0.25) is 9.69 Å². The molecule has 0 saturated carbocycles. The molecule has 0 amide bonds. The molecule has 4 aromatic rings. The van der Waals surface area contributed by atoms with Crippen molar-refractivity contribution < 1.29 is 4.74 Å². The second kappa shape index (κ2) is 8.22. The Morgan fingerprint density at radius 3 is 2.77 bits per heavy atom. The Hall–Kier alpha value is -3.67. The number of hydrogen-bond donors (Lipinski definition) is 3. The Morgan fingerprint density at radius 2 is 1.94 bits per heavy atom. The molecule has 156 valence electrons. The fourth-order valence-corrected chi connectivity index (χ4v) is 3.89. The van der Waals surface area contributed by atoms with Gasteiger partial charge in [0.05, 0.1) is 41.6 Å². The van der Waals surface area contributed by atoms with Gasteiger partial charge in [-0.25, -0.2) is 4.98 Å². The number of aromatic nitrogens is 3. The standard InChI is InChI=1S/C23H22N6O2/c24-14-15-1-3-18-16(11-15)12-21(26-18)22-23(30)28-19-4-2-17(13-20(19)27-22)25-5-6-29-7-9-31-10-8-29/h1-4,11-13,25-26H,5-10H2,(H,28,30). The first-order chi connectivity index (χ1) is 15.2. The Labute approximate surface area is 178 Å². The molecule has 0 spiro atoms. The summed E-state index contributed by atoms with van der Waals surface area (Å²) in [6, 6.07) is 15.1. The molecule has 1 aliphatic heterocycles. The Balaban J connectivity index is 1.41. The van der Waals surface area contributed by atoms with Crippen LogP contribution in [0.2, 0.25) is 0 Å². The third-order valence-corrected chi connectivity index (χ3v) is 5.56. The molecule has 8 heteroatoms. The largest absolute Gasteiger partial charge is 0.384 e. The first kappa shape index (κ1) is 19.3. The normalized spacial score (nSPS) is 14.7. The van der Waals surface area contributed by atoms with Crippen LogP contribution in [-0.4, -0.2) is 59.2 Å². The minimum absolute atomic E-state index is 0.257. The molecule has 31 heavy (non-hydrogen) atoms. The van der Waals surface area contributed by atoms with E-state index < -0.39 is 0 Å². The lowest BCUT2D eigenvalue weighted by Gasteiger charge is -2.26. The van der Waals surface area contributed by atoms with Crippen LogP contribution in [0.15, 0.2) is 47.3 Å². The number of benzene rings is 2. The highest BCUT2D eigenvalue weighted by molar-refractivity contribution is 5.87. The van der Waals surface area contributed by atoms with Crippen LogP contribution >= 0.6 is 0 Å². The summed E-state index contributed by atoms with van der Waals surface area (Å²) in [6.07, 6.45) is 0. The molecule has 5 rings (SSSR count). The summed E-state index contributed by atoms with van der Waals surface area (Å²) in [7, 11) is 0. The molecule has 0 bridgehead atoms. The Kier molecular flexibility index (Phi) is 5.12. The molecule has 2 aromatic heterocycles. The van der Waals surface area contributed by atoms with Crippen LogP contribution in [0.1, 0.15) is 5.56 Å². The zero-order valence-electron chi connectivity index (χ0n) is 16.9. The van der Waals surface area contributed by atoms with Crippen molar-refractivity contribution in [1.82, 2.24) is 19.9 Å². The van der Waals surface area contributed by atoms with Crippen molar-refractivity contribution in [1.29, 1.82) is 5.26 Å². The minimum Gasteiger partial charge on any atom is -0.384 e. The molecule has 1 saturated heterocycles. The maximum Gasteiger partial charge on any atom is 0.276 e. The smallest absolute Gasteiger partial charge is 0.276 e. The Bertz CT molecular complexity index is 1340. The minimum atomic E-state index is -0.257. The number of H-pyrrole nitrogens is 2. The zero-order valence-corrected chi connectivity index (χ0v) is 16.9. The van der Waals surface area contributed by atoms with Crippen LogP contribution in [0.5, 0.6) is 0 Å². The van der Waals surface area contributed by atoms with E-state index in [4.69, 9.17) is 10.00 Å². The van der Waals surface area contributed by atoms with E-state index in [1.807, 2.05) is 30.3 Å². The van der Waals surface area contributed by atoms with Crippen LogP contribution in [0.25, 0.3) is 33.3 Å². The number of anilines is 1. The van der Waals surface area contributed by atoms with Gasteiger partial charge in [0.1, 0.15) is 0 Å². The van der Waals surface area contributed by atoms with Crippen LogP contribution in [0.4, 0.5) is 5.69 Å². The maximum atomic E-state index is 12.6. The molecule has 0 atom stereocenters. The fraction of sp³-hybridized carbons (Fsp3) is 0.261. The van der Waals surface area contributed by atoms with Gasteiger partial charge in [-0.15, -0.1) is 0 Å². The predicted molar refractivity (Wildman–Crippen MR) is 120 cm³/mol. The van der Waals surface area contributed by atoms with E-state index >= 15 is 0 Å². The van der Waals surface area contributed by atoms with Gasteiger partial charge < -0.3 is 20.0 Å². The van der Waals surface area contributed by atoms with Gasteiger partial charge in [-0.05, 0) is 42.5 Å². The SMILES string of the molecule is N#Cc1ccc2[nH]c(-c3nc4cc(NCCN5CCOCC5)ccc4[nH]c3=O)cc2c1. The number of nitriles is 1. The lowest BCUT2D eigenvalue weighted by molar-refractivity contribution is 0.0398. The second-order valence-corrected chi connectivity index (χ2v) is 7.62. The van der Waals surface area contributed by atoms with Crippen LogP contribution in [-0.2, 0) is 4.74 Å². The van der Waals surface area contributed by atoms with Crippen LogP contribution in [0, 0.1) is 11.3 Å². The average molecular weight is 414 g/mol. The number of nitrogens with zero attached hydrogens (tertiary/aromatic N) is 3. The lowest BCUT2D eigenvalue weighted by atomic mass is 10.1. The van der Waals surface area contributed by atoms with Crippen molar-refractivity contribution in [3.05, 3.63) is 58.4 Å². The van der Waals surface area contributed by atoms with Gasteiger partial charge >= 0.3 is 0 Å². The third-order valence-electron chi connectivity index (χ3n) is 5.56. The molecule has 1 fully saturated rings. The van der Waals surface area contributed by atoms with Gasteiger partial charge in [0.2, 0.25) is 0 Å². The second-order valence-electron chi connectivity index (χ2n) is 7.62. The van der Waals surface area contributed by atoms with Gasteiger partial charge in [0.15, 0.2) is 5.69 Å². The number of rotatable bonds is 5. The maximum absolute atomic E-state index is 12.6. The summed E-state index contributed by atoms with van der Waals surface area (Å²) in [5.74, 6) is 0. The highest BCUT2D eigenvalue weighted by Gasteiger charge is 2.12. The van der Waals surface area contributed by atoms with E-state index in [9.17, 15) is 4.79 Å². The lowest BCUT2D eigenvalue weighted by Crippen LogP contribution is -2.39. The predicted octanol–water partition coefficient (Wildman–Crippen LogP) is 2.69. The highest BCUT2D eigenvalue weighted by Crippen LogP contribution is 2.23. The van der Waals surface area contributed by atoms with Crippen molar-refractivity contribution >= 4 is 27.6 Å². The molecular formula is C23H22N6O2. The molecule has 0 aliphatic carbocycles. The van der Waals surface area contributed by atoms with E-state index in [0.29, 0.717) is 28.0 Å². The summed E-state index contributed by atoms with van der Waals surface area (Å²) < 4.78 is 5.38. The summed E-state index contributed by atoms with van der Waals surface area (Å²) in [5, 5.41) is 13.4. The molecule has 0 radical (unpaired) electrons. The highest BCUT2D eigenvalue weighted by atomic mass is 16.5. The number of nitrogens with one attached hydrogen (secondary N) is 3. The van der Waals surface area contributed by atoms with E-state index in [-0.39, 0.29) is 5.56 Å². The van der Waals surface area contributed by atoms with Gasteiger partial charge in [0.25, 0.3) is 5.56 Å². The molecule has 8 nitrogen and oxygen atoms in total. The van der Waals surface area contributed by atoms with Gasteiger partial charge in [-0.2, -0.15) is 5.26 Å². The Morgan fingerprint density at radius 1 is 1.10 bits per heavy atom. The monoisotopic (exact) mass is 414 g/mol. The molecule has 3 heterocycles. The summed E-state index contributed by atoms with van der Waals surface area (Å²) in [6.45, 7) is 5.29. The summed E-state index contributed by atoms with van der Waals surface area (Å²) in [5.41, 5.74) is 4.48. The third kappa shape index (κ3) is 4.01. The van der Waals surface area contributed by atoms with Crippen molar-refractivity contribution in [3.8, 4) is 17.5 Å². The van der Waals surface area contributed by atoms with Crippen LogP contribution in [0.3, 0.4) is 0 Å². The van der Waals surface area contributed by atoms with E-state index in [2.05, 4.69) is 31.2 Å². The van der Waals surface area contributed by atoms with Crippen molar-refractivity contribution in [3.63, 3.8) is 0 Å². The number of aromatic amines is 2. The number of morpholine rings is 1. The van der Waals surface area contributed by atoms with Gasteiger partial charge in [0, 0.05) is 42.8 Å². The average Bonchev–Trinajstić information content (AvgIpc) is 3.22. The zero-order chi connectivity index (χ0) is 21.2. The number of fused-ring (bicyclic) bond motifs is 2. The molecule has 2 aromatic carbocycles. The number of ether oxygens (including phenoxy) is 1. The van der Waals surface area contributed by atoms with E-state index in [1.54, 1.807) is 12.1 Å². The van der Waals surface area contributed by atoms with Crippen molar-refractivity contribution in [2.24, 2.45) is 0 Å². The summed E-state index contributed by atoms with van der Waals surface area (Å²) in [4.78, 5) is 25.8. The molecular weight excluding hydrogens is 392 g/mol. The van der Waals surface area contributed by atoms with Crippen molar-refractivity contribution in [2.45, 2.75) is 0 Å².